The topological polar surface area (TPSA) is 51.4 Å². The lowest BCUT2D eigenvalue weighted by Crippen LogP contribution is -2.50. The van der Waals surface area contributed by atoms with Crippen molar-refractivity contribution >= 4 is 0 Å². The van der Waals surface area contributed by atoms with Gasteiger partial charge in [-0.1, -0.05) is 24.4 Å². The van der Waals surface area contributed by atoms with Gasteiger partial charge >= 0.3 is 0 Å². The molecule has 5 heteroatoms. The van der Waals surface area contributed by atoms with Crippen LogP contribution in [0.4, 0.5) is 0 Å². The maximum atomic E-state index is 6.32. The molecule has 3 heterocycles. The van der Waals surface area contributed by atoms with E-state index in [9.17, 15) is 0 Å². The van der Waals surface area contributed by atoms with Crippen LogP contribution in [0.25, 0.3) is 0 Å². The number of likely N-dealkylation sites (tertiary alicyclic amines) is 1. The van der Waals surface area contributed by atoms with E-state index in [0.717, 1.165) is 43.5 Å². The van der Waals surface area contributed by atoms with Crippen molar-refractivity contribution in [2.24, 2.45) is 11.8 Å². The minimum atomic E-state index is 0.112. The van der Waals surface area contributed by atoms with Gasteiger partial charge in [-0.05, 0) is 57.3 Å². The molecule has 1 aromatic heterocycles. The molecule has 1 saturated carbocycles. The highest BCUT2D eigenvalue weighted by Gasteiger charge is 2.40. The molecule has 0 amide bonds. The summed E-state index contributed by atoms with van der Waals surface area (Å²) < 4.78 is 11.7. The number of hydrogen-bond donors (Lipinski definition) is 0. The molecule has 4 rings (SSSR count). The van der Waals surface area contributed by atoms with E-state index in [1.165, 1.54) is 64.6 Å². The van der Waals surface area contributed by atoms with Crippen LogP contribution in [-0.2, 0) is 11.2 Å². The van der Waals surface area contributed by atoms with Gasteiger partial charge in [0.05, 0.1) is 5.60 Å². The minimum Gasteiger partial charge on any atom is -0.375 e. The van der Waals surface area contributed by atoms with E-state index in [0.29, 0.717) is 5.92 Å². The summed E-state index contributed by atoms with van der Waals surface area (Å²) >= 11 is 0. The minimum absolute atomic E-state index is 0.112. The van der Waals surface area contributed by atoms with E-state index >= 15 is 0 Å². The van der Waals surface area contributed by atoms with Gasteiger partial charge in [0.25, 0.3) is 0 Å². The highest BCUT2D eigenvalue weighted by molar-refractivity contribution is 4.95. The summed E-state index contributed by atoms with van der Waals surface area (Å²) in [6.07, 6.45) is 12.8. The maximum absolute atomic E-state index is 6.32. The molecular formula is C20H33N3O2. The lowest BCUT2D eigenvalue weighted by Gasteiger charge is -2.46. The third kappa shape index (κ3) is 4.43. The molecule has 1 spiro atoms. The van der Waals surface area contributed by atoms with Crippen LogP contribution in [0, 0.1) is 18.8 Å². The molecular weight excluding hydrogens is 314 g/mol. The normalized spacial score (nSPS) is 28.4. The molecule has 140 valence electrons. The summed E-state index contributed by atoms with van der Waals surface area (Å²) in [4.78, 5) is 7.09. The average molecular weight is 348 g/mol. The number of ether oxygens (including phenoxy) is 1. The second-order valence-corrected chi connectivity index (χ2v) is 8.63. The highest BCUT2D eigenvalue weighted by Crippen LogP contribution is 2.39. The van der Waals surface area contributed by atoms with Gasteiger partial charge in [0.2, 0.25) is 5.89 Å². The number of aryl methyl sites for hydroxylation is 1. The first-order chi connectivity index (χ1) is 12.2. The van der Waals surface area contributed by atoms with Gasteiger partial charge in [-0.15, -0.1) is 0 Å². The summed E-state index contributed by atoms with van der Waals surface area (Å²) in [6, 6.07) is 0. The number of piperidine rings is 1. The maximum Gasteiger partial charge on any atom is 0.226 e. The summed E-state index contributed by atoms with van der Waals surface area (Å²) in [5.41, 5.74) is 0.112. The van der Waals surface area contributed by atoms with Crippen molar-refractivity contribution in [2.45, 2.75) is 76.7 Å². The molecule has 25 heavy (non-hydrogen) atoms. The standard InChI is InChI=1S/C20H33N3O2/c1-16-21-19(25-22-16)13-18-7-12-24-20(14-18)8-10-23(11-9-20)15-17-5-3-2-4-6-17/h17-18H,2-15H2,1H3. The lowest BCUT2D eigenvalue weighted by atomic mass is 9.78. The van der Waals surface area contributed by atoms with E-state index in [1.54, 1.807) is 0 Å². The predicted molar refractivity (Wildman–Crippen MR) is 96.4 cm³/mol. The summed E-state index contributed by atoms with van der Waals surface area (Å²) in [5.74, 6) is 3.11. The van der Waals surface area contributed by atoms with E-state index in [4.69, 9.17) is 9.26 Å². The van der Waals surface area contributed by atoms with E-state index in [2.05, 4.69) is 15.0 Å². The zero-order chi connectivity index (χ0) is 17.1. The second kappa shape index (κ2) is 7.75. The smallest absolute Gasteiger partial charge is 0.226 e. The van der Waals surface area contributed by atoms with Gasteiger partial charge in [-0.25, -0.2) is 0 Å². The van der Waals surface area contributed by atoms with Crippen LogP contribution in [0.3, 0.4) is 0 Å². The average Bonchev–Trinajstić information content (AvgIpc) is 3.03. The van der Waals surface area contributed by atoms with Gasteiger partial charge in [-0.2, -0.15) is 4.98 Å². The van der Waals surface area contributed by atoms with Gasteiger partial charge in [0, 0.05) is 32.7 Å². The molecule has 2 saturated heterocycles. The SMILES string of the molecule is Cc1noc(CC2CCOC3(CCN(CC4CCCCC4)CC3)C2)n1. The molecule has 5 nitrogen and oxygen atoms in total. The molecule has 1 aromatic rings. The fourth-order valence-electron chi connectivity index (χ4n) is 5.20. The fraction of sp³-hybridized carbons (Fsp3) is 0.900. The Hall–Kier alpha value is -0.940. The Kier molecular flexibility index (Phi) is 5.41. The van der Waals surface area contributed by atoms with Crippen molar-refractivity contribution in [1.29, 1.82) is 0 Å². The number of aromatic nitrogens is 2. The molecule has 1 unspecified atom stereocenters. The highest BCUT2D eigenvalue weighted by atomic mass is 16.5. The molecule has 3 fully saturated rings. The van der Waals surface area contributed by atoms with Crippen molar-refractivity contribution < 1.29 is 9.26 Å². The molecule has 0 aromatic carbocycles. The Labute approximate surface area is 151 Å². The van der Waals surface area contributed by atoms with Crippen LogP contribution in [0.15, 0.2) is 4.52 Å². The van der Waals surface area contributed by atoms with Crippen LogP contribution < -0.4 is 0 Å². The van der Waals surface area contributed by atoms with Crippen molar-refractivity contribution in [2.75, 3.05) is 26.2 Å². The first kappa shape index (κ1) is 17.5. The van der Waals surface area contributed by atoms with Gasteiger partial charge in [0.15, 0.2) is 5.82 Å². The molecule has 0 radical (unpaired) electrons. The molecule has 0 N–H and O–H groups in total. The third-order valence-electron chi connectivity index (χ3n) is 6.64. The zero-order valence-electron chi connectivity index (χ0n) is 15.7. The molecule has 1 atom stereocenters. The van der Waals surface area contributed by atoms with Crippen LogP contribution in [-0.4, -0.2) is 46.9 Å². The van der Waals surface area contributed by atoms with Gasteiger partial charge in [-0.3, -0.25) is 0 Å². The Morgan fingerprint density at radius 3 is 2.60 bits per heavy atom. The number of hydrogen-bond acceptors (Lipinski definition) is 5. The largest absolute Gasteiger partial charge is 0.375 e. The van der Waals surface area contributed by atoms with Crippen molar-refractivity contribution in [3.63, 3.8) is 0 Å². The zero-order valence-corrected chi connectivity index (χ0v) is 15.7. The van der Waals surface area contributed by atoms with Gasteiger partial charge in [0.1, 0.15) is 0 Å². The van der Waals surface area contributed by atoms with E-state index in [-0.39, 0.29) is 5.60 Å². The van der Waals surface area contributed by atoms with E-state index in [1.807, 2.05) is 6.92 Å². The van der Waals surface area contributed by atoms with Crippen molar-refractivity contribution in [1.82, 2.24) is 15.0 Å². The number of nitrogens with zero attached hydrogens (tertiary/aromatic N) is 3. The molecule has 1 aliphatic carbocycles. The number of rotatable bonds is 4. The summed E-state index contributed by atoms with van der Waals surface area (Å²) in [5, 5.41) is 3.93. The quantitative estimate of drug-likeness (QED) is 0.830. The Morgan fingerprint density at radius 2 is 1.88 bits per heavy atom. The van der Waals surface area contributed by atoms with E-state index < -0.39 is 0 Å². The van der Waals surface area contributed by atoms with Crippen molar-refractivity contribution in [3.8, 4) is 0 Å². The first-order valence-electron chi connectivity index (χ1n) is 10.4. The summed E-state index contributed by atoms with van der Waals surface area (Å²) in [6.45, 7) is 6.52. The fourth-order valence-corrected chi connectivity index (χ4v) is 5.20. The second-order valence-electron chi connectivity index (χ2n) is 8.63. The van der Waals surface area contributed by atoms with Gasteiger partial charge < -0.3 is 14.2 Å². The molecule has 2 aliphatic heterocycles. The molecule has 3 aliphatic rings. The van der Waals surface area contributed by atoms with Crippen LogP contribution >= 0.6 is 0 Å². The predicted octanol–water partition coefficient (Wildman–Crippen LogP) is 3.76. The third-order valence-corrected chi connectivity index (χ3v) is 6.64. The monoisotopic (exact) mass is 347 g/mol. The Balaban J connectivity index is 1.27. The van der Waals surface area contributed by atoms with Crippen molar-refractivity contribution in [3.05, 3.63) is 11.7 Å². The Bertz CT molecular complexity index is 545. The lowest BCUT2D eigenvalue weighted by molar-refractivity contribution is -0.128. The first-order valence-corrected chi connectivity index (χ1v) is 10.4. The van der Waals surface area contributed by atoms with Crippen LogP contribution in [0.2, 0.25) is 0 Å². The molecule has 0 bridgehead atoms. The van der Waals surface area contributed by atoms with Crippen LogP contribution in [0.5, 0.6) is 0 Å². The van der Waals surface area contributed by atoms with Crippen LogP contribution in [0.1, 0.15) is 69.5 Å². The summed E-state index contributed by atoms with van der Waals surface area (Å²) in [7, 11) is 0. The Morgan fingerprint density at radius 1 is 1.08 bits per heavy atom.